The van der Waals surface area contributed by atoms with Gasteiger partial charge in [-0.3, -0.25) is 0 Å². The molecule has 0 bridgehead atoms. The van der Waals surface area contributed by atoms with Gasteiger partial charge in [-0.25, -0.2) is 13.1 Å². The molecule has 1 fully saturated rings. The third-order valence-corrected chi connectivity index (χ3v) is 6.93. The summed E-state index contributed by atoms with van der Waals surface area (Å²) in [6.07, 6.45) is 4.68. The first kappa shape index (κ1) is 14.5. The molecule has 4 nitrogen and oxygen atoms in total. The molecule has 0 atom stereocenters. The van der Waals surface area contributed by atoms with Crippen LogP contribution in [-0.4, -0.2) is 15.0 Å². The van der Waals surface area contributed by atoms with Gasteiger partial charge in [0.1, 0.15) is 4.90 Å². The molecule has 102 valence electrons. The lowest BCUT2D eigenvalue weighted by molar-refractivity contribution is 0.519. The van der Waals surface area contributed by atoms with E-state index in [0.717, 1.165) is 17.7 Å². The lowest BCUT2D eigenvalue weighted by Crippen LogP contribution is -2.28. The molecule has 7 heteroatoms. The highest BCUT2D eigenvalue weighted by Gasteiger charge is 2.23. The van der Waals surface area contributed by atoms with Crippen molar-refractivity contribution in [2.75, 3.05) is 6.54 Å². The number of nitrogens with one attached hydrogen (secondary N) is 1. The summed E-state index contributed by atoms with van der Waals surface area (Å²) in [4.78, 5) is 1.18. The van der Waals surface area contributed by atoms with Crippen molar-refractivity contribution in [3.63, 3.8) is 0 Å². The monoisotopic (exact) mass is 352 g/mol. The van der Waals surface area contributed by atoms with Crippen molar-refractivity contribution in [2.45, 2.75) is 37.1 Å². The van der Waals surface area contributed by atoms with Gasteiger partial charge in [-0.05, 0) is 40.8 Å². The molecule has 1 aromatic heterocycles. The van der Waals surface area contributed by atoms with Crippen LogP contribution >= 0.6 is 27.3 Å². The topological polar surface area (TPSA) is 72.2 Å². The number of sulfonamides is 1. The molecule has 0 unspecified atom stereocenters. The highest BCUT2D eigenvalue weighted by molar-refractivity contribution is 9.11. The van der Waals surface area contributed by atoms with Crippen molar-refractivity contribution in [3.05, 3.63) is 14.7 Å². The summed E-state index contributed by atoms with van der Waals surface area (Å²) in [5.41, 5.74) is 5.52. The van der Waals surface area contributed by atoms with E-state index >= 15 is 0 Å². The fraction of sp³-hybridized carbons (Fsp3) is 0.636. The van der Waals surface area contributed by atoms with E-state index in [1.165, 1.54) is 24.2 Å². The standard InChI is InChI=1S/C11H17BrN2O2S2/c12-11-10(5-9(6-13)17-11)18(15,16)14-7-8-3-1-2-4-8/h5,8,14H,1-4,6-7,13H2. The molecule has 0 aliphatic heterocycles. The number of halogens is 1. The maximum absolute atomic E-state index is 12.2. The molecule has 0 amide bonds. The first-order chi connectivity index (χ1) is 8.53. The highest BCUT2D eigenvalue weighted by atomic mass is 79.9. The van der Waals surface area contributed by atoms with Crippen LogP contribution in [0, 0.1) is 5.92 Å². The summed E-state index contributed by atoms with van der Waals surface area (Å²) in [7, 11) is -3.41. The van der Waals surface area contributed by atoms with Crippen LogP contribution in [0.5, 0.6) is 0 Å². The SMILES string of the molecule is NCc1cc(S(=O)(=O)NCC2CCCC2)c(Br)s1. The summed E-state index contributed by atoms with van der Waals surface area (Å²) in [6, 6.07) is 1.64. The minimum absolute atomic E-state index is 0.311. The van der Waals surface area contributed by atoms with Gasteiger partial charge in [-0.2, -0.15) is 0 Å². The highest BCUT2D eigenvalue weighted by Crippen LogP contribution is 2.32. The van der Waals surface area contributed by atoms with Crippen molar-refractivity contribution in [3.8, 4) is 0 Å². The van der Waals surface area contributed by atoms with Gasteiger partial charge in [0.25, 0.3) is 0 Å². The van der Waals surface area contributed by atoms with Crippen molar-refractivity contribution in [1.82, 2.24) is 4.72 Å². The minimum atomic E-state index is -3.41. The van der Waals surface area contributed by atoms with Crippen LogP contribution in [0.25, 0.3) is 0 Å². The Morgan fingerprint density at radius 1 is 1.44 bits per heavy atom. The van der Waals surface area contributed by atoms with E-state index in [2.05, 4.69) is 20.7 Å². The van der Waals surface area contributed by atoms with Gasteiger partial charge in [-0.1, -0.05) is 12.8 Å². The molecular formula is C11H17BrN2O2S2. The second kappa shape index (κ2) is 6.00. The quantitative estimate of drug-likeness (QED) is 0.854. The lowest BCUT2D eigenvalue weighted by Gasteiger charge is -2.10. The maximum atomic E-state index is 12.2. The predicted octanol–water partition coefficient (Wildman–Crippen LogP) is 2.44. The number of nitrogens with two attached hydrogens (primary N) is 1. The summed E-state index contributed by atoms with van der Waals surface area (Å²) in [5.74, 6) is 0.492. The molecular weight excluding hydrogens is 336 g/mol. The second-order valence-corrected chi connectivity index (χ2v) is 8.75. The Balaban J connectivity index is 2.06. The summed E-state index contributed by atoms with van der Waals surface area (Å²) < 4.78 is 27.7. The number of thiophene rings is 1. The smallest absolute Gasteiger partial charge is 0.242 e. The Morgan fingerprint density at radius 3 is 2.67 bits per heavy atom. The van der Waals surface area contributed by atoms with Gasteiger partial charge in [0.2, 0.25) is 10.0 Å². The van der Waals surface area contributed by atoms with Crippen LogP contribution in [-0.2, 0) is 16.6 Å². The van der Waals surface area contributed by atoms with Gasteiger partial charge in [0.15, 0.2) is 0 Å². The molecule has 0 saturated heterocycles. The fourth-order valence-corrected chi connectivity index (χ4v) is 5.88. The molecule has 1 saturated carbocycles. The average Bonchev–Trinajstić information content (AvgIpc) is 2.95. The first-order valence-corrected chi connectivity index (χ1v) is 9.10. The van der Waals surface area contributed by atoms with Crippen LogP contribution < -0.4 is 10.5 Å². The van der Waals surface area contributed by atoms with Crippen LogP contribution in [0.3, 0.4) is 0 Å². The van der Waals surface area contributed by atoms with E-state index in [9.17, 15) is 8.42 Å². The Kier molecular flexibility index (Phi) is 4.82. The summed E-state index contributed by atoms with van der Waals surface area (Å²) in [5, 5.41) is 0. The van der Waals surface area contributed by atoms with E-state index in [1.807, 2.05) is 0 Å². The molecule has 1 aromatic rings. The molecule has 2 rings (SSSR count). The molecule has 0 aromatic carbocycles. The second-order valence-electron chi connectivity index (χ2n) is 4.56. The maximum Gasteiger partial charge on any atom is 0.242 e. The third kappa shape index (κ3) is 3.33. The van der Waals surface area contributed by atoms with E-state index in [4.69, 9.17) is 5.73 Å². The van der Waals surface area contributed by atoms with Crippen molar-refractivity contribution in [1.29, 1.82) is 0 Å². The normalized spacial score (nSPS) is 17.4. The summed E-state index contributed by atoms with van der Waals surface area (Å²) in [6.45, 7) is 0.907. The minimum Gasteiger partial charge on any atom is -0.326 e. The van der Waals surface area contributed by atoms with Gasteiger partial charge in [-0.15, -0.1) is 11.3 Å². The fourth-order valence-electron chi connectivity index (χ4n) is 2.20. The predicted molar refractivity (Wildman–Crippen MR) is 77.1 cm³/mol. The molecule has 18 heavy (non-hydrogen) atoms. The first-order valence-electron chi connectivity index (χ1n) is 6.01. The molecule has 1 heterocycles. The van der Waals surface area contributed by atoms with Gasteiger partial charge in [0, 0.05) is 18.0 Å². The average molecular weight is 353 g/mol. The van der Waals surface area contributed by atoms with Gasteiger partial charge < -0.3 is 5.73 Å². The zero-order chi connectivity index (χ0) is 13.2. The summed E-state index contributed by atoms with van der Waals surface area (Å²) >= 11 is 4.66. The number of rotatable bonds is 5. The zero-order valence-corrected chi connectivity index (χ0v) is 13.2. The molecule has 3 N–H and O–H groups in total. The van der Waals surface area contributed by atoms with Crippen LogP contribution in [0.1, 0.15) is 30.6 Å². The van der Waals surface area contributed by atoms with Crippen molar-refractivity contribution >= 4 is 37.3 Å². The van der Waals surface area contributed by atoms with Gasteiger partial charge >= 0.3 is 0 Å². The number of hydrogen-bond acceptors (Lipinski definition) is 4. The third-order valence-electron chi connectivity index (χ3n) is 3.23. The largest absolute Gasteiger partial charge is 0.326 e. The Hall–Kier alpha value is 0.0500. The van der Waals surface area contributed by atoms with Gasteiger partial charge in [0.05, 0.1) is 3.79 Å². The van der Waals surface area contributed by atoms with E-state index in [0.29, 0.717) is 27.7 Å². The van der Waals surface area contributed by atoms with E-state index < -0.39 is 10.0 Å². The lowest BCUT2D eigenvalue weighted by atomic mass is 10.1. The zero-order valence-electron chi connectivity index (χ0n) is 9.99. The van der Waals surface area contributed by atoms with E-state index in [1.54, 1.807) is 6.07 Å². The van der Waals surface area contributed by atoms with Crippen molar-refractivity contribution in [2.24, 2.45) is 11.7 Å². The van der Waals surface area contributed by atoms with E-state index in [-0.39, 0.29) is 0 Å². The molecule has 0 spiro atoms. The Morgan fingerprint density at radius 2 is 2.11 bits per heavy atom. The van der Waals surface area contributed by atoms with Crippen molar-refractivity contribution < 1.29 is 8.42 Å². The molecule has 0 radical (unpaired) electrons. The Labute approximate surface area is 120 Å². The number of hydrogen-bond donors (Lipinski definition) is 2. The van der Waals surface area contributed by atoms with Crippen LogP contribution in [0.4, 0.5) is 0 Å². The molecule has 1 aliphatic carbocycles. The molecule has 1 aliphatic rings. The van der Waals surface area contributed by atoms with Crippen LogP contribution in [0.2, 0.25) is 0 Å². The van der Waals surface area contributed by atoms with Crippen LogP contribution in [0.15, 0.2) is 14.7 Å². The Bertz CT molecular complexity index is 507.